The van der Waals surface area contributed by atoms with Gasteiger partial charge >= 0.3 is 5.97 Å². The maximum Gasteiger partial charge on any atom is 0.341 e. The van der Waals surface area contributed by atoms with Crippen molar-refractivity contribution in [2.45, 2.75) is 19.9 Å². The minimum atomic E-state index is -0.309. The number of anilines is 1. The summed E-state index contributed by atoms with van der Waals surface area (Å²) in [6.07, 6.45) is 5.45. The van der Waals surface area contributed by atoms with Crippen LogP contribution < -0.4 is 4.90 Å². The normalized spacial score (nSPS) is 16.5. The van der Waals surface area contributed by atoms with Crippen molar-refractivity contribution in [1.82, 2.24) is 14.9 Å². The molecule has 1 aliphatic heterocycles. The molecule has 2 aromatic heterocycles. The van der Waals surface area contributed by atoms with Crippen LogP contribution in [0, 0.1) is 0 Å². The first-order valence-electron chi connectivity index (χ1n) is 8.71. The number of carbonyl (C=O) groups excluding carboxylic acids is 1. The predicted octanol–water partition coefficient (Wildman–Crippen LogP) is 2.54. The van der Waals surface area contributed by atoms with Crippen LogP contribution in [0.25, 0.3) is 0 Å². The first-order chi connectivity index (χ1) is 12.2. The Hall–Kier alpha value is -2.47. The van der Waals surface area contributed by atoms with Gasteiger partial charge in [0.2, 0.25) is 0 Å². The van der Waals surface area contributed by atoms with Gasteiger partial charge in [-0.1, -0.05) is 6.07 Å². The molecule has 0 spiro atoms. The van der Waals surface area contributed by atoms with Crippen LogP contribution in [-0.2, 0) is 4.74 Å². The standard InChI is InChI=1S/C19H24N4O2/c1-3-25-19(24)17-7-5-9-21-18(17)23-12-10-22(11-13-23)15(2)16-6-4-8-20-14-16/h4-9,14-15H,3,10-13H2,1-2H3. The van der Waals surface area contributed by atoms with Crippen molar-refractivity contribution in [3.8, 4) is 0 Å². The number of carbonyl (C=O) groups is 1. The third kappa shape index (κ3) is 3.96. The molecule has 0 bridgehead atoms. The fourth-order valence-electron chi connectivity index (χ4n) is 3.17. The molecule has 2 aromatic rings. The highest BCUT2D eigenvalue weighted by Gasteiger charge is 2.25. The predicted molar refractivity (Wildman–Crippen MR) is 96.6 cm³/mol. The van der Waals surface area contributed by atoms with Crippen LogP contribution in [0.4, 0.5) is 5.82 Å². The summed E-state index contributed by atoms with van der Waals surface area (Å²) in [6.45, 7) is 7.86. The minimum absolute atomic E-state index is 0.309. The smallest absolute Gasteiger partial charge is 0.341 e. The summed E-state index contributed by atoms with van der Waals surface area (Å²) in [5, 5.41) is 0. The van der Waals surface area contributed by atoms with E-state index >= 15 is 0 Å². The topological polar surface area (TPSA) is 58.6 Å². The number of piperazine rings is 1. The molecule has 1 fully saturated rings. The molecule has 0 radical (unpaired) electrons. The van der Waals surface area contributed by atoms with Crippen LogP contribution >= 0.6 is 0 Å². The Morgan fingerprint density at radius 2 is 1.96 bits per heavy atom. The van der Waals surface area contributed by atoms with Gasteiger partial charge in [0.1, 0.15) is 11.4 Å². The van der Waals surface area contributed by atoms with E-state index in [0.29, 0.717) is 18.2 Å². The van der Waals surface area contributed by atoms with Crippen LogP contribution in [0.5, 0.6) is 0 Å². The molecule has 25 heavy (non-hydrogen) atoms. The van der Waals surface area contributed by atoms with Gasteiger partial charge in [0, 0.05) is 50.8 Å². The average Bonchev–Trinajstić information content (AvgIpc) is 2.68. The van der Waals surface area contributed by atoms with Crippen molar-refractivity contribution in [2.75, 3.05) is 37.7 Å². The van der Waals surface area contributed by atoms with Crippen LogP contribution in [-0.4, -0.2) is 53.6 Å². The first kappa shape index (κ1) is 17.4. The summed E-state index contributed by atoms with van der Waals surface area (Å²) < 4.78 is 5.15. The van der Waals surface area contributed by atoms with Gasteiger partial charge in [-0.15, -0.1) is 0 Å². The Morgan fingerprint density at radius 3 is 2.64 bits per heavy atom. The van der Waals surface area contributed by atoms with E-state index in [-0.39, 0.29) is 5.97 Å². The van der Waals surface area contributed by atoms with E-state index < -0.39 is 0 Å². The summed E-state index contributed by atoms with van der Waals surface area (Å²) in [7, 11) is 0. The highest BCUT2D eigenvalue weighted by atomic mass is 16.5. The molecule has 1 aliphatic rings. The fraction of sp³-hybridized carbons (Fsp3) is 0.421. The zero-order valence-corrected chi connectivity index (χ0v) is 14.8. The molecule has 1 saturated heterocycles. The summed E-state index contributed by atoms with van der Waals surface area (Å²) in [6, 6.07) is 7.97. The molecule has 0 aromatic carbocycles. The number of hydrogen-bond donors (Lipinski definition) is 0. The van der Waals surface area contributed by atoms with E-state index in [1.807, 2.05) is 19.2 Å². The monoisotopic (exact) mass is 340 g/mol. The van der Waals surface area contributed by atoms with Crippen molar-refractivity contribution < 1.29 is 9.53 Å². The molecule has 132 valence electrons. The molecule has 1 unspecified atom stereocenters. The van der Waals surface area contributed by atoms with Gasteiger partial charge in [0.05, 0.1) is 6.61 Å². The third-order valence-corrected chi connectivity index (χ3v) is 4.61. The number of pyridine rings is 2. The number of aromatic nitrogens is 2. The second-order valence-electron chi connectivity index (χ2n) is 6.08. The number of nitrogens with zero attached hydrogens (tertiary/aromatic N) is 4. The van der Waals surface area contributed by atoms with Gasteiger partial charge in [-0.25, -0.2) is 9.78 Å². The van der Waals surface area contributed by atoms with Gasteiger partial charge in [0.25, 0.3) is 0 Å². The molecule has 6 heteroatoms. The highest BCUT2D eigenvalue weighted by Crippen LogP contribution is 2.24. The summed E-state index contributed by atoms with van der Waals surface area (Å²) in [5.41, 5.74) is 1.76. The SMILES string of the molecule is CCOC(=O)c1cccnc1N1CCN(C(C)c2cccnc2)CC1. The molecule has 0 amide bonds. The average molecular weight is 340 g/mol. The van der Waals surface area contributed by atoms with Gasteiger partial charge in [-0.2, -0.15) is 0 Å². The molecular weight excluding hydrogens is 316 g/mol. The second kappa shape index (κ2) is 8.07. The number of esters is 1. The molecule has 1 atom stereocenters. The van der Waals surface area contributed by atoms with E-state index in [1.165, 1.54) is 5.56 Å². The van der Waals surface area contributed by atoms with Crippen LogP contribution in [0.3, 0.4) is 0 Å². The maximum absolute atomic E-state index is 12.2. The zero-order chi connectivity index (χ0) is 17.6. The highest BCUT2D eigenvalue weighted by molar-refractivity contribution is 5.94. The Balaban J connectivity index is 1.68. The summed E-state index contributed by atoms with van der Waals surface area (Å²) in [4.78, 5) is 25.4. The minimum Gasteiger partial charge on any atom is -0.462 e. The van der Waals surface area contributed by atoms with Crippen LogP contribution in [0.15, 0.2) is 42.9 Å². The first-order valence-corrected chi connectivity index (χ1v) is 8.71. The lowest BCUT2D eigenvalue weighted by Gasteiger charge is -2.39. The van der Waals surface area contributed by atoms with Gasteiger partial charge in [-0.3, -0.25) is 9.88 Å². The lowest BCUT2D eigenvalue weighted by atomic mass is 10.1. The summed E-state index contributed by atoms with van der Waals surface area (Å²) >= 11 is 0. The number of rotatable bonds is 5. The lowest BCUT2D eigenvalue weighted by molar-refractivity contribution is 0.0526. The van der Waals surface area contributed by atoms with E-state index in [2.05, 4.69) is 32.8 Å². The van der Waals surface area contributed by atoms with E-state index in [1.54, 1.807) is 24.5 Å². The maximum atomic E-state index is 12.2. The van der Waals surface area contributed by atoms with Crippen molar-refractivity contribution in [3.05, 3.63) is 54.0 Å². The molecular formula is C19H24N4O2. The summed E-state index contributed by atoms with van der Waals surface area (Å²) in [5.74, 6) is 0.409. The van der Waals surface area contributed by atoms with Crippen molar-refractivity contribution in [3.63, 3.8) is 0 Å². The van der Waals surface area contributed by atoms with Crippen molar-refractivity contribution >= 4 is 11.8 Å². The fourth-order valence-corrected chi connectivity index (χ4v) is 3.17. The Bertz CT molecular complexity index is 700. The Kier molecular flexibility index (Phi) is 5.60. The van der Waals surface area contributed by atoms with Gasteiger partial charge in [-0.05, 0) is 37.6 Å². The van der Waals surface area contributed by atoms with Gasteiger partial charge in [0.15, 0.2) is 0 Å². The van der Waals surface area contributed by atoms with E-state index in [4.69, 9.17) is 4.74 Å². The van der Waals surface area contributed by atoms with Crippen LogP contribution in [0.1, 0.15) is 35.8 Å². The number of hydrogen-bond acceptors (Lipinski definition) is 6. The molecule has 0 saturated carbocycles. The molecule has 0 N–H and O–H groups in total. The Morgan fingerprint density at radius 1 is 1.20 bits per heavy atom. The molecule has 6 nitrogen and oxygen atoms in total. The van der Waals surface area contributed by atoms with Crippen LogP contribution in [0.2, 0.25) is 0 Å². The third-order valence-electron chi connectivity index (χ3n) is 4.61. The molecule has 3 heterocycles. The second-order valence-corrected chi connectivity index (χ2v) is 6.08. The van der Waals surface area contributed by atoms with E-state index in [0.717, 1.165) is 32.0 Å². The van der Waals surface area contributed by atoms with Gasteiger partial charge < -0.3 is 9.64 Å². The van der Waals surface area contributed by atoms with Crippen molar-refractivity contribution in [1.29, 1.82) is 0 Å². The Labute approximate surface area is 148 Å². The zero-order valence-electron chi connectivity index (χ0n) is 14.8. The van der Waals surface area contributed by atoms with E-state index in [9.17, 15) is 4.79 Å². The number of ether oxygens (including phenoxy) is 1. The molecule has 3 rings (SSSR count). The lowest BCUT2D eigenvalue weighted by Crippen LogP contribution is -2.47. The van der Waals surface area contributed by atoms with Crippen molar-refractivity contribution in [2.24, 2.45) is 0 Å². The molecule has 0 aliphatic carbocycles. The largest absolute Gasteiger partial charge is 0.462 e. The quantitative estimate of drug-likeness (QED) is 0.780.